The van der Waals surface area contributed by atoms with E-state index in [9.17, 15) is 19.5 Å². The van der Waals surface area contributed by atoms with E-state index in [0.717, 1.165) is 102 Å². The van der Waals surface area contributed by atoms with Crippen molar-refractivity contribution in [2.45, 2.75) is 91.5 Å². The molecule has 0 radical (unpaired) electrons. The zero-order valence-corrected chi connectivity index (χ0v) is 47.0. The SMILES string of the molecule is CC.CCCCCCn1c2cc(-c3ccc(N(c4ccc5c(c4)C(C)(C)c4ccccc4-5)c4ccc5c(c4)C(C)(C)c4ccccc4-5)cc3)ccc2c2c3cccc4c5ccc6c7c(ccc(c(cc21)c43)c75)C(=O)N(CC(=O)O)C6=O. The van der Waals surface area contributed by atoms with Crippen molar-refractivity contribution in [2.24, 2.45) is 0 Å². The maximum Gasteiger partial charge on any atom is 0.323 e. The molecule has 1 aliphatic heterocycles. The van der Waals surface area contributed by atoms with Gasteiger partial charge in [-0.05, 0) is 160 Å². The van der Waals surface area contributed by atoms with Crippen LogP contribution in [0.1, 0.15) is 117 Å². The molecule has 3 aliphatic rings. The number of carbonyl (C=O) groups is 3. The van der Waals surface area contributed by atoms with Crippen LogP contribution in [-0.4, -0.2) is 38.9 Å². The highest BCUT2D eigenvalue weighted by atomic mass is 16.4. The number of carboxylic acid groups (broad SMARTS) is 1. The summed E-state index contributed by atoms with van der Waals surface area (Å²) in [6.07, 6.45) is 4.48. The molecular formula is C74H63N3O4. The van der Waals surface area contributed by atoms with E-state index < -0.39 is 24.3 Å². The Labute approximate surface area is 472 Å². The number of imide groups is 1. The number of aromatic nitrogens is 1. The fourth-order valence-electron chi connectivity index (χ4n) is 14.5. The summed E-state index contributed by atoms with van der Waals surface area (Å²) in [6.45, 7) is 15.8. The van der Waals surface area contributed by atoms with Crippen LogP contribution in [-0.2, 0) is 22.2 Å². The average Bonchev–Trinajstić information content (AvgIpc) is 3.41. The molecule has 11 aromatic carbocycles. The molecule has 0 saturated heterocycles. The predicted octanol–water partition coefficient (Wildman–Crippen LogP) is 18.9. The number of carboxylic acids is 1. The maximum atomic E-state index is 13.9. The van der Waals surface area contributed by atoms with E-state index >= 15 is 0 Å². The summed E-state index contributed by atoms with van der Waals surface area (Å²) in [5.74, 6) is -2.40. The molecule has 12 aromatic rings. The number of anilines is 3. The summed E-state index contributed by atoms with van der Waals surface area (Å²) >= 11 is 0. The topological polar surface area (TPSA) is 82.8 Å². The van der Waals surface area contributed by atoms with E-state index in [1.165, 1.54) is 67.2 Å². The van der Waals surface area contributed by atoms with Crippen LogP contribution in [0.25, 0.3) is 98.3 Å². The number of rotatable bonds is 11. The Morgan fingerprint density at radius 3 is 1.57 bits per heavy atom. The number of carbonyl (C=O) groups excluding carboxylic acids is 2. The van der Waals surface area contributed by atoms with E-state index in [1.54, 1.807) is 12.1 Å². The first-order valence-electron chi connectivity index (χ1n) is 28.9. The molecule has 7 nitrogen and oxygen atoms in total. The third-order valence-corrected chi connectivity index (χ3v) is 18.3. The molecule has 398 valence electrons. The zero-order chi connectivity index (χ0) is 55.8. The number of unbranched alkanes of at least 4 members (excludes halogenated alkanes) is 3. The van der Waals surface area contributed by atoms with Crippen LogP contribution in [0.5, 0.6) is 0 Å². The van der Waals surface area contributed by atoms with E-state index in [4.69, 9.17) is 0 Å². The van der Waals surface area contributed by atoms with Gasteiger partial charge in [-0.15, -0.1) is 0 Å². The van der Waals surface area contributed by atoms with Gasteiger partial charge < -0.3 is 14.6 Å². The van der Waals surface area contributed by atoms with Crippen LogP contribution in [0.3, 0.4) is 0 Å². The predicted molar refractivity (Wildman–Crippen MR) is 334 cm³/mol. The second-order valence-corrected chi connectivity index (χ2v) is 23.3. The smallest absolute Gasteiger partial charge is 0.323 e. The molecule has 0 unspecified atom stereocenters. The van der Waals surface area contributed by atoms with E-state index in [2.05, 4.69) is 196 Å². The van der Waals surface area contributed by atoms with Crippen molar-refractivity contribution in [1.29, 1.82) is 0 Å². The standard InChI is InChI=1S/C72H57N3O4.C2H6/c1-6-7-8-13-35-73-62-36-42(23-28-53(62)66-54-18-14-17-50-51-31-33-55-68-56(70(79)74(69(55)78)40-64(76)77)34-32-52(67(51)68)57(65(50)54)39-63(66)73)41-21-24-43(25-22-41)75(44-26-29-48-46-15-9-11-19-58(46)71(2,3)60(48)37-44)45-27-30-49-47-16-10-12-20-59(47)72(4,5)61(49)38-45;1-2/h9-12,14-34,36-39H,6-8,13,35,40H2,1-5H3,(H,76,77);1-2H3. The average molecular weight is 1060 g/mol. The summed E-state index contributed by atoms with van der Waals surface area (Å²) in [5.41, 5.74) is 19.0. The largest absolute Gasteiger partial charge is 0.480 e. The Morgan fingerprint density at radius 1 is 0.444 bits per heavy atom. The third kappa shape index (κ3) is 7.23. The maximum absolute atomic E-state index is 13.9. The van der Waals surface area contributed by atoms with Crippen molar-refractivity contribution in [3.05, 3.63) is 209 Å². The van der Waals surface area contributed by atoms with Gasteiger partial charge in [-0.2, -0.15) is 0 Å². The molecule has 2 heterocycles. The van der Waals surface area contributed by atoms with Crippen LogP contribution < -0.4 is 4.90 Å². The first-order valence-corrected chi connectivity index (χ1v) is 28.9. The van der Waals surface area contributed by atoms with Gasteiger partial charge in [0.1, 0.15) is 6.54 Å². The van der Waals surface area contributed by atoms with Gasteiger partial charge in [-0.1, -0.05) is 183 Å². The van der Waals surface area contributed by atoms with E-state index in [1.807, 2.05) is 26.0 Å². The molecule has 15 rings (SSSR count). The summed E-state index contributed by atoms with van der Waals surface area (Å²) < 4.78 is 2.53. The monoisotopic (exact) mass is 1060 g/mol. The lowest BCUT2D eigenvalue weighted by molar-refractivity contribution is -0.137. The second kappa shape index (κ2) is 18.5. The van der Waals surface area contributed by atoms with Gasteiger partial charge in [0.2, 0.25) is 0 Å². The van der Waals surface area contributed by atoms with Gasteiger partial charge in [0, 0.05) is 67.2 Å². The van der Waals surface area contributed by atoms with Crippen LogP contribution in [0.15, 0.2) is 176 Å². The van der Waals surface area contributed by atoms with Gasteiger partial charge >= 0.3 is 5.97 Å². The molecule has 0 saturated carbocycles. The quantitative estimate of drug-likeness (QED) is 0.0604. The van der Waals surface area contributed by atoms with Crippen molar-refractivity contribution >= 4 is 99.7 Å². The normalized spacial score (nSPS) is 14.5. The van der Waals surface area contributed by atoms with Crippen LogP contribution in [0.2, 0.25) is 0 Å². The number of aryl methyl sites for hydroxylation is 1. The molecule has 0 bridgehead atoms. The van der Waals surface area contributed by atoms with E-state index in [0.29, 0.717) is 16.5 Å². The third-order valence-electron chi connectivity index (χ3n) is 18.3. The Bertz CT molecular complexity index is 4520. The second-order valence-electron chi connectivity index (χ2n) is 23.3. The van der Waals surface area contributed by atoms with Crippen molar-refractivity contribution in [2.75, 3.05) is 11.4 Å². The lowest BCUT2D eigenvalue weighted by Gasteiger charge is -2.30. The lowest BCUT2D eigenvalue weighted by atomic mass is 9.82. The number of aliphatic carboxylic acids is 1. The Kier molecular flexibility index (Phi) is 11.5. The van der Waals surface area contributed by atoms with Gasteiger partial charge in [0.25, 0.3) is 11.8 Å². The number of fused-ring (bicyclic) bond motifs is 12. The van der Waals surface area contributed by atoms with Crippen molar-refractivity contribution in [3.63, 3.8) is 0 Å². The summed E-state index contributed by atoms with van der Waals surface area (Å²) in [4.78, 5) is 42.9. The number of hydrogen-bond acceptors (Lipinski definition) is 4. The van der Waals surface area contributed by atoms with Crippen LogP contribution >= 0.6 is 0 Å². The fourth-order valence-corrected chi connectivity index (χ4v) is 14.5. The minimum atomic E-state index is -1.23. The summed E-state index contributed by atoms with van der Waals surface area (Å²) in [7, 11) is 0. The highest BCUT2D eigenvalue weighted by molar-refractivity contribution is 6.41. The lowest BCUT2D eigenvalue weighted by Crippen LogP contribution is -2.43. The minimum Gasteiger partial charge on any atom is -0.480 e. The zero-order valence-electron chi connectivity index (χ0n) is 47.0. The van der Waals surface area contributed by atoms with Crippen LogP contribution in [0, 0.1) is 0 Å². The molecule has 0 spiro atoms. The molecule has 1 N–H and O–H groups in total. The first kappa shape index (κ1) is 50.2. The molecule has 7 heteroatoms. The van der Waals surface area contributed by atoms with Crippen LogP contribution in [0.4, 0.5) is 17.1 Å². The summed E-state index contributed by atoms with van der Waals surface area (Å²) in [6, 6.07) is 64.3. The molecule has 0 atom stereocenters. The van der Waals surface area contributed by atoms with Crippen molar-refractivity contribution < 1.29 is 19.5 Å². The molecule has 81 heavy (non-hydrogen) atoms. The Balaban J connectivity index is 0.00000291. The molecule has 2 aliphatic carbocycles. The molecular weight excluding hydrogens is 995 g/mol. The number of benzene rings is 11. The van der Waals surface area contributed by atoms with Gasteiger partial charge in [0.15, 0.2) is 0 Å². The van der Waals surface area contributed by atoms with Gasteiger partial charge in [-0.3, -0.25) is 19.3 Å². The number of hydrogen-bond donors (Lipinski definition) is 1. The summed E-state index contributed by atoms with van der Waals surface area (Å²) in [5, 5.41) is 19.9. The van der Waals surface area contributed by atoms with Crippen molar-refractivity contribution in [3.8, 4) is 33.4 Å². The van der Waals surface area contributed by atoms with Gasteiger partial charge in [-0.25, -0.2) is 0 Å². The van der Waals surface area contributed by atoms with Gasteiger partial charge in [0.05, 0.1) is 5.52 Å². The first-order chi connectivity index (χ1) is 39.3. The fraction of sp³-hybridized carbons (Fsp3) is 0.203. The Morgan fingerprint density at radius 2 is 0.963 bits per heavy atom. The van der Waals surface area contributed by atoms with Crippen molar-refractivity contribution in [1.82, 2.24) is 9.47 Å². The highest BCUT2D eigenvalue weighted by Gasteiger charge is 2.39. The molecule has 0 fully saturated rings. The molecule has 1 aromatic heterocycles. The Hall–Kier alpha value is -9.07. The van der Waals surface area contributed by atoms with E-state index in [-0.39, 0.29) is 10.8 Å². The minimum absolute atomic E-state index is 0.153. The molecule has 2 amide bonds. The number of amides is 2. The number of nitrogens with zero attached hydrogens (tertiary/aromatic N) is 3. The highest BCUT2D eigenvalue weighted by Crippen LogP contribution is 2.54.